The zero-order chi connectivity index (χ0) is 12.4. The SMILES string of the molecule is Cl.N[C@H](c1ccsc1)c1ccc(Br)c([N+](=O)[O-])c1. The average molecular weight is 350 g/mol. The van der Waals surface area contributed by atoms with Crippen LogP contribution < -0.4 is 5.73 Å². The molecular formula is C11H10BrClN2O2S. The third-order valence-corrected chi connectivity index (χ3v) is 3.80. The predicted octanol–water partition coefficient (Wildman–Crippen LogP) is 3.89. The second-order valence-electron chi connectivity index (χ2n) is 3.50. The summed E-state index contributed by atoms with van der Waals surface area (Å²) in [5.41, 5.74) is 7.78. The monoisotopic (exact) mass is 348 g/mol. The Labute approximate surface area is 123 Å². The Kier molecular flexibility index (Phi) is 5.28. The number of hydrogen-bond acceptors (Lipinski definition) is 4. The van der Waals surface area contributed by atoms with Crippen molar-refractivity contribution in [1.29, 1.82) is 0 Å². The number of rotatable bonds is 3. The minimum absolute atomic E-state index is 0. The van der Waals surface area contributed by atoms with Crippen molar-refractivity contribution in [1.82, 2.24) is 0 Å². The molecule has 0 saturated heterocycles. The minimum atomic E-state index is -0.423. The van der Waals surface area contributed by atoms with Gasteiger partial charge in [0.2, 0.25) is 0 Å². The van der Waals surface area contributed by atoms with E-state index in [2.05, 4.69) is 15.9 Å². The van der Waals surface area contributed by atoms with Crippen molar-refractivity contribution in [3.63, 3.8) is 0 Å². The van der Waals surface area contributed by atoms with Crippen LogP contribution in [-0.4, -0.2) is 4.92 Å². The summed E-state index contributed by atoms with van der Waals surface area (Å²) in [7, 11) is 0. The molecule has 4 nitrogen and oxygen atoms in total. The summed E-state index contributed by atoms with van der Waals surface area (Å²) < 4.78 is 0.462. The second-order valence-corrected chi connectivity index (χ2v) is 5.14. The van der Waals surface area contributed by atoms with E-state index >= 15 is 0 Å². The summed E-state index contributed by atoms with van der Waals surface area (Å²) >= 11 is 4.70. The van der Waals surface area contributed by atoms with E-state index in [1.54, 1.807) is 23.5 Å². The quantitative estimate of drug-likeness (QED) is 0.675. The molecule has 0 fully saturated rings. The van der Waals surface area contributed by atoms with Gasteiger partial charge in [-0.3, -0.25) is 10.1 Å². The van der Waals surface area contributed by atoms with E-state index in [1.165, 1.54) is 6.07 Å². The molecule has 2 aromatic rings. The van der Waals surface area contributed by atoms with Crippen LogP contribution in [0.4, 0.5) is 5.69 Å². The van der Waals surface area contributed by atoms with Gasteiger partial charge in [0.05, 0.1) is 15.4 Å². The van der Waals surface area contributed by atoms with Crippen molar-refractivity contribution in [2.45, 2.75) is 6.04 Å². The van der Waals surface area contributed by atoms with Crippen LogP contribution in [0.15, 0.2) is 39.5 Å². The van der Waals surface area contributed by atoms with E-state index in [0.717, 1.165) is 11.1 Å². The zero-order valence-corrected chi connectivity index (χ0v) is 12.3. The highest BCUT2D eigenvalue weighted by atomic mass is 79.9. The van der Waals surface area contributed by atoms with Crippen LogP contribution in [0.5, 0.6) is 0 Å². The van der Waals surface area contributed by atoms with Crippen LogP contribution in [0.3, 0.4) is 0 Å². The van der Waals surface area contributed by atoms with E-state index in [4.69, 9.17) is 5.73 Å². The normalized spacial score (nSPS) is 11.7. The Morgan fingerprint density at radius 3 is 2.61 bits per heavy atom. The first-order valence-corrected chi connectivity index (χ1v) is 6.54. The lowest BCUT2D eigenvalue weighted by atomic mass is 10.0. The molecule has 0 bridgehead atoms. The maximum atomic E-state index is 10.8. The number of benzene rings is 1. The Bertz CT molecular complexity index is 548. The van der Waals surface area contributed by atoms with Crippen molar-refractivity contribution < 1.29 is 4.92 Å². The molecule has 0 spiro atoms. The third kappa shape index (κ3) is 3.08. The summed E-state index contributed by atoms with van der Waals surface area (Å²) in [5.74, 6) is 0. The Morgan fingerprint density at radius 2 is 2.06 bits per heavy atom. The van der Waals surface area contributed by atoms with Crippen LogP contribution in [-0.2, 0) is 0 Å². The number of nitro benzene ring substituents is 1. The number of thiophene rings is 1. The van der Waals surface area contributed by atoms with Gasteiger partial charge in [0.15, 0.2) is 0 Å². The molecular weight excluding hydrogens is 340 g/mol. The van der Waals surface area contributed by atoms with E-state index in [1.807, 2.05) is 16.8 Å². The molecule has 1 atom stereocenters. The molecule has 1 aromatic carbocycles. The second kappa shape index (κ2) is 6.29. The maximum Gasteiger partial charge on any atom is 0.283 e. The lowest BCUT2D eigenvalue weighted by molar-refractivity contribution is -0.385. The Hall–Kier alpha value is -0.950. The third-order valence-electron chi connectivity index (χ3n) is 2.43. The minimum Gasteiger partial charge on any atom is -0.320 e. The first kappa shape index (κ1) is 15.1. The van der Waals surface area contributed by atoms with Gasteiger partial charge in [-0.15, -0.1) is 12.4 Å². The molecule has 0 radical (unpaired) electrons. The summed E-state index contributed by atoms with van der Waals surface area (Å²) in [4.78, 5) is 10.4. The zero-order valence-electron chi connectivity index (χ0n) is 9.08. The van der Waals surface area contributed by atoms with E-state index in [0.29, 0.717) is 4.47 Å². The van der Waals surface area contributed by atoms with Gasteiger partial charge in [0.25, 0.3) is 5.69 Å². The fourth-order valence-corrected chi connectivity index (χ4v) is 2.60. The van der Waals surface area contributed by atoms with Gasteiger partial charge in [0.1, 0.15) is 0 Å². The van der Waals surface area contributed by atoms with Crippen LogP contribution in [0, 0.1) is 10.1 Å². The van der Waals surface area contributed by atoms with Crippen LogP contribution in [0.2, 0.25) is 0 Å². The number of nitrogens with two attached hydrogens (primary N) is 1. The van der Waals surface area contributed by atoms with Crippen LogP contribution in [0.1, 0.15) is 17.2 Å². The van der Waals surface area contributed by atoms with Crippen molar-refractivity contribution >= 4 is 45.4 Å². The number of nitro groups is 1. The highest BCUT2D eigenvalue weighted by Gasteiger charge is 2.16. The number of halogens is 2. The first-order valence-electron chi connectivity index (χ1n) is 4.81. The highest BCUT2D eigenvalue weighted by Crippen LogP contribution is 2.30. The molecule has 1 heterocycles. The van der Waals surface area contributed by atoms with Crippen molar-refractivity contribution in [2.75, 3.05) is 0 Å². The summed E-state index contributed by atoms with van der Waals surface area (Å²) in [6, 6.07) is 6.54. The molecule has 1 aromatic heterocycles. The Balaban J connectivity index is 0.00000162. The van der Waals surface area contributed by atoms with Gasteiger partial charge in [-0.2, -0.15) is 11.3 Å². The molecule has 96 valence electrons. The molecule has 2 N–H and O–H groups in total. The van der Waals surface area contributed by atoms with E-state index in [9.17, 15) is 10.1 Å². The largest absolute Gasteiger partial charge is 0.320 e. The molecule has 0 aliphatic rings. The van der Waals surface area contributed by atoms with Gasteiger partial charge in [-0.1, -0.05) is 6.07 Å². The van der Waals surface area contributed by atoms with E-state index < -0.39 is 4.92 Å². The van der Waals surface area contributed by atoms with Crippen molar-refractivity contribution in [3.8, 4) is 0 Å². The number of nitrogens with zero attached hydrogens (tertiary/aromatic N) is 1. The average Bonchev–Trinajstić information content (AvgIpc) is 2.81. The maximum absolute atomic E-state index is 10.8. The van der Waals surface area contributed by atoms with Crippen LogP contribution >= 0.6 is 39.7 Å². The molecule has 0 aliphatic carbocycles. The molecule has 0 saturated carbocycles. The summed E-state index contributed by atoms with van der Waals surface area (Å²) in [6.07, 6.45) is 0. The number of hydrogen-bond donors (Lipinski definition) is 1. The fourth-order valence-electron chi connectivity index (χ4n) is 1.51. The summed E-state index contributed by atoms with van der Waals surface area (Å²) in [6.45, 7) is 0. The molecule has 2 rings (SSSR count). The van der Waals surface area contributed by atoms with Gasteiger partial charge in [0, 0.05) is 6.07 Å². The first-order chi connectivity index (χ1) is 8.09. The molecule has 0 amide bonds. The fraction of sp³-hybridized carbons (Fsp3) is 0.0909. The molecule has 0 aliphatic heterocycles. The predicted molar refractivity (Wildman–Crippen MR) is 78.4 cm³/mol. The highest BCUT2D eigenvalue weighted by molar-refractivity contribution is 9.10. The lowest BCUT2D eigenvalue weighted by Gasteiger charge is -2.10. The molecule has 7 heteroatoms. The summed E-state index contributed by atoms with van der Waals surface area (Å²) in [5, 5.41) is 14.7. The smallest absolute Gasteiger partial charge is 0.283 e. The molecule has 0 unspecified atom stereocenters. The van der Waals surface area contributed by atoms with Gasteiger partial charge >= 0.3 is 0 Å². The molecule has 18 heavy (non-hydrogen) atoms. The van der Waals surface area contributed by atoms with Crippen molar-refractivity contribution in [2.24, 2.45) is 5.73 Å². The standard InChI is InChI=1S/C11H9BrN2O2S.ClH/c12-9-2-1-7(5-10(9)14(15)16)11(13)8-3-4-17-6-8;/h1-6,11H,13H2;1H/t11-;/m0./s1. The van der Waals surface area contributed by atoms with Gasteiger partial charge < -0.3 is 5.73 Å². The Morgan fingerprint density at radius 1 is 1.33 bits per heavy atom. The van der Waals surface area contributed by atoms with Gasteiger partial charge in [-0.25, -0.2) is 0 Å². The van der Waals surface area contributed by atoms with Crippen molar-refractivity contribution in [3.05, 3.63) is 60.7 Å². The van der Waals surface area contributed by atoms with Crippen LogP contribution in [0.25, 0.3) is 0 Å². The van der Waals surface area contributed by atoms with E-state index in [-0.39, 0.29) is 24.1 Å². The topological polar surface area (TPSA) is 69.2 Å². The van der Waals surface area contributed by atoms with Gasteiger partial charge in [-0.05, 0) is 49.9 Å². The lowest BCUT2D eigenvalue weighted by Crippen LogP contribution is -2.11.